The average molecular weight is 392 g/mol. The van der Waals surface area contributed by atoms with Gasteiger partial charge in [-0.15, -0.1) is 0 Å². The summed E-state index contributed by atoms with van der Waals surface area (Å²) >= 11 is 0. The Morgan fingerprint density at radius 3 is 2.79 bits per heavy atom. The van der Waals surface area contributed by atoms with Crippen molar-refractivity contribution in [2.24, 2.45) is 0 Å². The molecule has 2 aromatic carbocycles. The highest BCUT2D eigenvalue weighted by atomic mass is 16.5. The molecular weight excluding hydrogens is 368 g/mol. The Labute approximate surface area is 169 Å². The zero-order valence-electron chi connectivity index (χ0n) is 16.6. The highest BCUT2D eigenvalue weighted by Gasteiger charge is 2.30. The van der Waals surface area contributed by atoms with Gasteiger partial charge in [0.15, 0.2) is 0 Å². The number of para-hydroxylation sites is 1. The Morgan fingerprint density at radius 1 is 1.24 bits per heavy atom. The third-order valence-electron chi connectivity index (χ3n) is 5.33. The molecule has 1 N–H and O–H groups in total. The van der Waals surface area contributed by atoms with E-state index in [4.69, 9.17) is 9.47 Å². The summed E-state index contributed by atoms with van der Waals surface area (Å²) in [5.74, 6) is 0.601. The van der Waals surface area contributed by atoms with Gasteiger partial charge in [0.25, 0.3) is 11.5 Å². The van der Waals surface area contributed by atoms with E-state index in [1.165, 1.54) is 0 Å². The van der Waals surface area contributed by atoms with Gasteiger partial charge in [-0.25, -0.2) is 0 Å². The maximum absolute atomic E-state index is 13.2. The van der Waals surface area contributed by atoms with E-state index in [0.29, 0.717) is 24.3 Å². The number of anilines is 1. The Bertz CT molecular complexity index is 1100. The number of aromatic nitrogens is 1. The first-order chi connectivity index (χ1) is 14.1. The number of carbonyl (C=O) groups excluding carboxylic acids is 1. The van der Waals surface area contributed by atoms with Crippen molar-refractivity contribution in [1.82, 2.24) is 4.98 Å². The number of pyridine rings is 1. The van der Waals surface area contributed by atoms with Crippen LogP contribution in [0, 0.1) is 6.92 Å². The maximum Gasteiger partial charge on any atom is 0.256 e. The zero-order valence-corrected chi connectivity index (χ0v) is 16.6. The molecule has 1 fully saturated rings. The molecule has 2 heterocycles. The van der Waals surface area contributed by atoms with Crippen LogP contribution < -0.4 is 15.2 Å². The van der Waals surface area contributed by atoms with Gasteiger partial charge in [0.1, 0.15) is 11.9 Å². The van der Waals surface area contributed by atoms with Crippen molar-refractivity contribution >= 4 is 22.5 Å². The molecule has 3 aromatic rings. The summed E-state index contributed by atoms with van der Waals surface area (Å²) < 4.78 is 10.9. The van der Waals surface area contributed by atoms with Crippen molar-refractivity contribution < 1.29 is 14.3 Å². The molecule has 1 aromatic heterocycles. The lowest BCUT2D eigenvalue weighted by molar-refractivity contribution is -0.127. The number of benzene rings is 2. The molecule has 1 aliphatic rings. The Kier molecular flexibility index (Phi) is 5.36. The second kappa shape index (κ2) is 8.09. The summed E-state index contributed by atoms with van der Waals surface area (Å²) in [6, 6.07) is 15.0. The van der Waals surface area contributed by atoms with Crippen LogP contribution in [0.15, 0.2) is 53.3 Å². The number of hydrogen-bond donors (Lipinski definition) is 1. The fraction of sp³-hybridized carbons (Fsp3) is 0.304. The monoisotopic (exact) mass is 392 g/mol. The van der Waals surface area contributed by atoms with E-state index in [1.807, 2.05) is 49.4 Å². The van der Waals surface area contributed by atoms with Crippen LogP contribution in [0.2, 0.25) is 0 Å². The van der Waals surface area contributed by atoms with Crippen LogP contribution >= 0.6 is 0 Å². The number of fused-ring (bicyclic) bond motifs is 1. The normalized spacial score (nSPS) is 16.1. The van der Waals surface area contributed by atoms with Gasteiger partial charge in [-0.1, -0.05) is 18.2 Å². The smallest absolute Gasteiger partial charge is 0.256 e. The molecule has 1 aliphatic heterocycles. The van der Waals surface area contributed by atoms with E-state index in [0.717, 1.165) is 28.6 Å². The Morgan fingerprint density at radius 2 is 2.07 bits per heavy atom. The number of amides is 1. The van der Waals surface area contributed by atoms with Crippen LogP contribution in [0.3, 0.4) is 0 Å². The van der Waals surface area contributed by atoms with Crippen LogP contribution in [0.25, 0.3) is 10.9 Å². The number of nitrogens with one attached hydrogen (secondary N) is 1. The fourth-order valence-electron chi connectivity index (χ4n) is 3.74. The number of nitrogens with zero attached hydrogens (tertiary/aromatic N) is 1. The molecular formula is C23H24N2O4. The summed E-state index contributed by atoms with van der Waals surface area (Å²) in [5, 5.41) is 0.855. The number of methoxy groups -OCH3 is 1. The number of carbonyl (C=O) groups is 1. The molecule has 0 spiro atoms. The molecule has 1 saturated heterocycles. The van der Waals surface area contributed by atoms with Crippen molar-refractivity contribution in [2.75, 3.05) is 18.6 Å². The molecule has 4 rings (SSSR count). The van der Waals surface area contributed by atoms with Crippen LogP contribution in [-0.4, -0.2) is 30.7 Å². The number of H-pyrrole nitrogens is 1. The molecule has 1 atom stereocenters. The largest absolute Gasteiger partial charge is 0.497 e. The Balaban J connectivity index is 1.75. The highest BCUT2D eigenvalue weighted by Crippen LogP contribution is 2.26. The third-order valence-corrected chi connectivity index (χ3v) is 5.33. The van der Waals surface area contributed by atoms with Gasteiger partial charge in [-0.05, 0) is 55.7 Å². The number of ether oxygens (including phenoxy) is 2. The lowest BCUT2D eigenvalue weighted by atomic mass is 10.1. The molecule has 1 amide bonds. The SMILES string of the molecule is COc1ccc2[nH]c(=O)c(CN(C(=O)[C@@H]3CCCO3)c3ccccc3C)cc2c1. The van der Waals surface area contributed by atoms with Crippen LogP contribution in [0.4, 0.5) is 5.69 Å². The summed E-state index contributed by atoms with van der Waals surface area (Å²) in [6.07, 6.45) is 1.11. The standard InChI is InChI=1S/C23H24N2O4/c1-15-6-3-4-7-20(15)25(23(27)21-8-5-11-29-21)14-17-12-16-13-18(28-2)9-10-19(16)24-22(17)26/h3-4,6-7,9-10,12-13,21H,5,8,11,14H2,1-2H3,(H,24,26)/t21-/m0/s1. The molecule has 0 saturated carbocycles. The first-order valence-corrected chi connectivity index (χ1v) is 9.75. The van der Waals surface area contributed by atoms with Gasteiger partial charge in [0.2, 0.25) is 0 Å². The zero-order chi connectivity index (χ0) is 20.4. The van der Waals surface area contributed by atoms with E-state index in [2.05, 4.69) is 4.98 Å². The summed E-state index contributed by atoms with van der Waals surface area (Å²) in [4.78, 5) is 30.6. The molecule has 0 bridgehead atoms. The molecule has 29 heavy (non-hydrogen) atoms. The van der Waals surface area contributed by atoms with Gasteiger partial charge < -0.3 is 19.4 Å². The van der Waals surface area contributed by atoms with E-state index in [9.17, 15) is 9.59 Å². The van der Waals surface area contributed by atoms with Crippen molar-refractivity contribution in [2.45, 2.75) is 32.4 Å². The highest BCUT2D eigenvalue weighted by molar-refractivity contribution is 5.97. The van der Waals surface area contributed by atoms with E-state index >= 15 is 0 Å². The predicted molar refractivity (Wildman–Crippen MR) is 112 cm³/mol. The van der Waals surface area contributed by atoms with Gasteiger partial charge >= 0.3 is 0 Å². The van der Waals surface area contributed by atoms with Crippen molar-refractivity contribution in [1.29, 1.82) is 0 Å². The van der Waals surface area contributed by atoms with Crippen molar-refractivity contribution in [3.05, 3.63) is 70.0 Å². The number of aromatic amines is 1. The van der Waals surface area contributed by atoms with E-state index < -0.39 is 6.10 Å². The molecule has 0 unspecified atom stereocenters. The average Bonchev–Trinajstić information content (AvgIpc) is 3.27. The maximum atomic E-state index is 13.2. The first-order valence-electron chi connectivity index (χ1n) is 9.75. The van der Waals surface area contributed by atoms with Crippen LogP contribution in [0.1, 0.15) is 24.0 Å². The molecule has 0 radical (unpaired) electrons. The van der Waals surface area contributed by atoms with Crippen LogP contribution in [-0.2, 0) is 16.1 Å². The van der Waals surface area contributed by atoms with Gasteiger partial charge in [0, 0.05) is 28.8 Å². The fourth-order valence-corrected chi connectivity index (χ4v) is 3.74. The molecule has 6 heteroatoms. The number of rotatable bonds is 5. The van der Waals surface area contributed by atoms with E-state index in [-0.39, 0.29) is 18.0 Å². The predicted octanol–water partition coefficient (Wildman–Crippen LogP) is 3.56. The lowest BCUT2D eigenvalue weighted by Gasteiger charge is -2.27. The summed E-state index contributed by atoms with van der Waals surface area (Å²) in [7, 11) is 1.61. The second-order valence-corrected chi connectivity index (χ2v) is 7.29. The summed E-state index contributed by atoms with van der Waals surface area (Å²) in [5.41, 5.74) is 2.80. The molecule has 6 nitrogen and oxygen atoms in total. The van der Waals surface area contributed by atoms with Gasteiger partial charge in [-0.2, -0.15) is 0 Å². The minimum atomic E-state index is -0.464. The number of hydrogen-bond acceptors (Lipinski definition) is 4. The lowest BCUT2D eigenvalue weighted by Crippen LogP contribution is -2.40. The van der Waals surface area contributed by atoms with Crippen molar-refractivity contribution in [3.63, 3.8) is 0 Å². The quantitative estimate of drug-likeness (QED) is 0.721. The number of aryl methyl sites for hydroxylation is 1. The summed E-state index contributed by atoms with van der Waals surface area (Å²) in [6.45, 7) is 2.72. The van der Waals surface area contributed by atoms with Crippen molar-refractivity contribution in [3.8, 4) is 5.75 Å². The van der Waals surface area contributed by atoms with Gasteiger partial charge in [-0.3, -0.25) is 9.59 Å². The Hall–Kier alpha value is -3.12. The molecule has 150 valence electrons. The third kappa shape index (κ3) is 3.89. The van der Waals surface area contributed by atoms with E-state index in [1.54, 1.807) is 18.1 Å². The van der Waals surface area contributed by atoms with Gasteiger partial charge in [0.05, 0.1) is 13.7 Å². The van der Waals surface area contributed by atoms with Crippen LogP contribution in [0.5, 0.6) is 5.75 Å². The molecule has 0 aliphatic carbocycles. The minimum absolute atomic E-state index is 0.109. The second-order valence-electron chi connectivity index (χ2n) is 7.29. The first kappa shape index (κ1) is 19.2. The minimum Gasteiger partial charge on any atom is -0.497 e. The topological polar surface area (TPSA) is 71.6 Å².